The lowest BCUT2D eigenvalue weighted by Crippen LogP contribution is -2.24. The van der Waals surface area contributed by atoms with Crippen LogP contribution in [0, 0.1) is 0 Å². The second-order valence-corrected chi connectivity index (χ2v) is 7.04. The van der Waals surface area contributed by atoms with Crippen molar-refractivity contribution in [1.82, 2.24) is 19.9 Å². The van der Waals surface area contributed by atoms with Gasteiger partial charge in [0.1, 0.15) is 11.6 Å². The van der Waals surface area contributed by atoms with Crippen LogP contribution in [-0.2, 0) is 0 Å². The Morgan fingerprint density at radius 1 is 0.846 bits per heavy atom. The van der Waals surface area contributed by atoms with E-state index >= 15 is 0 Å². The highest BCUT2D eigenvalue weighted by molar-refractivity contribution is 5.37. The van der Waals surface area contributed by atoms with Crippen LogP contribution in [0.3, 0.4) is 0 Å². The Hall–Kier alpha value is -2.24. The second kappa shape index (κ2) is 9.46. The van der Waals surface area contributed by atoms with Crippen LogP contribution in [0.25, 0.3) is 0 Å². The Kier molecular flexibility index (Phi) is 7.30. The molecule has 0 aliphatic heterocycles. The van der Waals surface area contributed by atoms with Crippen molar-refractivity contribution < 1.29 is 0 Å². The largest absolute Gasteiger partial charge is 0.358 e. The molecule has 0 aromatic carbocycles. The van der Waals surface area contributed by atoms with Gasteiger partial charge in [-0.05, 0) is 26.2 Å². The quantitative estimate of drug-likeness (QED) is 0.680. The minimum Gasteiger partial charge on any atom is -0.358 e. The molecule has 0 saturated heterocycles. The molecule has 2 heterocycles. The van der Waals surface area contributed by atoms with E-state index in [1.807, 2.05) is 24.8 Å². The van der Waals surface area contributed by atoms with Gasteiger partial charge in [0.25, 0.3) is 0 Å². The Bertz CT molecular complexity index is 684. The van der Waals surface area contributed by atoms with Crippen molar-refractivity contribution in [3.8, 4) is 0 Å². The number of anilines is 2. The van der Waals surface area contributed by atoms with E-state index in [2.05, 4.69) is 61.4 Å². The smallest absolute Gasteiger partial charge is 0.147 e. The molecule has 1 atom stereocenters. The fourth-order valence-electron chi connectivity index (χ4n) is 2.79. The predicted molar refractivity (Wildman–Crippen MR) is 108 cm³/mol. The number of aromatic nitrogens is 4. The first-order valence-corrected chi connectivity index (χ1v) is 9.56. The zero-order valence-corrected chi connectivity index (χ0v) is 17.0. The standard InChI is InChI=1S/C20H32N6/c1-7-26(8-2)20-14-22-12-18(24-20)16(5)9-10-25(6)19-13-21-11-17(23-19)15(3)4/h11-16H,7-10H2,1-6H3. The van der Waals surface area contributed by atoms with Gasteiger partial charge in [0.2, 0.25) is 0 Å². The van der Waals surface area contributed by atoms with Crippen molar-refractivity contribution in [1.29, 1.82) is 0 Å². The maximum atomic E-state index is 4.82. The van der Waals surface area contributed by atoms with E-state index in [1.54, 1.807) is 0 Å². The highest BCUT2D eigenvalue weighted by Crippen LogP contribution is 2.21. The van der Waals surface area contributed by atoms with Crippen LogP contribution < -0.4 is 9.80 Å². The normalized spacial score (nSPS) is 12.3. The van der Waals surface area contributed by atoms with Crippen molar-refractivity contribution in [2.75, 3.05) is 36.5 Å². The van der Waals surface area contributed by atoms with Gasteiger partial charge < -0.3 is 9.80 Å². The van der Waals surface area contributed by atoms with Crippen LogP contribution >= 0.6 is 0 Å². The molecule has 6 heteroatoms. The first-order chi connectivity index (χ1) is 12.5. The number of nitrogens with zero attached hydrogens (tertiary/aromatic N) is 6. The third-order valence-electron chi connectivity index (χ3n) is 4.75. The summed E-state index contributed by atoms with van der Waals surface area (Å²) in [6, 6.07) is 0. The van der Waals surface area contributed by atoms with Crippen LogP contribution in [0.5, 0.6) is 0 Å². The Morgan fingerprint density at radius 3 is 2.04 bits per heavy atom. The first-order valence-electron chi connectivity index (χ1n) is 9.56. The molecule has 0 spiro atoms. The summed E-state index contributed by atoms with van der Waals surface area (Å²) in [4.78, 5) is 22.6. The highest BCUT2D eigenvalue weighted by Gasteiger charge is 2.13. The molecule has 0 bridgehead atoms. The van der Waals surface area contributed by atoms with E-state index in [0.717, 1.165) is 49.1 Å². The maximum Gasteiger partial charge on any atom is 0.147 e. The van der Waals surface area contributed by atoms with Gasteiger partial charge in [-0.1, -0.05) is 20.8 Å². The molecule has 2 rings (SSSR count). The summed E-state index contributed by atoms with van der Waals surface area (Å²) in [6.45, 7) is 13.5. The van der Waals surface area contributed by atoms with Crippen molar-refractivity contribution in [2.24, 2.45) is 0 Å². The molecule has 0 aliphatic rings. The van der Waals surface area contributed by atoms with Crippen molar-refractivity contribution in [2.45, 2.75) is 52.9 Å². The third kappa shape index (κ3) is 5.13. The van der Waals surface area contributed by atoms with Crippen LogP contribution in [0.2, 0.25) is 0 Å². The lowest BCUT2D eigenvalue weighted by molar-refractivity contribution is 0.644. The lowest BCUT2D eigenvalue weighted by Gasteiger charge is -2.22. The van der Waals surface area contributed by atoms with Crippen molar-refractivity contribution >= 4 is 11.6 Å². The molecule has 0 saturated carbocycles. The van der Waals surface area contributed by atoms with Crippen LogP contribution in [0.4, 0.5) is 11.6 Å². The lowest BCUT2D eigenvalue weighted by atomic mass is 10.0. The van der Waals surface area contributed by atoms with Gasteiger partial charge in [0.15, 0.2) is 0 Å². The molecular weight excluding hydrogens is 324 g/mol. The second-order valence-electron chi connectivity index (χ2n) is 7.04. The van der Waals surface area contributed by atoms with Gasteiger partial charge in [0, 0.05) is 45.0 Å². The van der Waals surface area contributed by atoms with E-state index in [9.17, 15) is 0 Å². The molecule has 2 aromatic heterocycles. The van der Waals surface area contributed by atoms with Gasteiger partial charge in [-0.15, -0.1) is 0 Å². The SMILES string of the molecule is CCN(CC)c1cncc(C(C)CCN(C)c2cncc(C(C)C)n2)n1. The van der Waals surface area contributed by atoms with Gasteiger partial charge in [0.05, 0.1) is 23.8 Å². The average molecular weight is 357 g/mol. The summed E-state index contributed by atoms with van der Waals surface area (Å²) in [7, 11) is 2.07. The summed E-state index contributed by atoms with van der Waals surface area (Å²) in [6.07, 6.45) is 8.40. The molecule has 26 heavy (non-hydrogen) atoms. The van der Waals surface area contributed by atoms with E-state index in [-0.39, 0.29) is 0 Å². The monoisotopic (exact) mass is 356 g/mol. The van der Waals surface area contributed by atoms with Crippen LogP contribution in [0.15, 0.2) is 24.8 Å². The van der Waals surface area contributed by atoms with Crippen LogP contribution in [0.1, 0.15) is 64.3 Å². The van der Waals surface area contributed by atoms with Gasteiger partial charge in [-0.25, -0.2) is 9.97 Å². The summed E-state index contributed by atoms with van der Waals surface area (Å²) >= 11 is 0. The van der Waals surface area contributed by atoms with E-state index in [0.29, 0.717) is 11.8 Å². The third-order valence-corrected chi connectivity index (χ3v) is 4.75. The molecular formula is C20H32N6. The van der Waals surface area contributed by atoms with Gasteiger partial charge >= 0.3 is 0 Å². The number of hydrogen-bond acceptors (Lipinski definition) is 6. The molecule has 0 aliphatic carbocycles. The Morgan fingerprint density at radius 2 is 1.42 bits per heavy atom. The average Bonchev–Trinajstić information content (AvgIpc) is 2.67. The molecule has 0 N–H and O–H groups in total. The Labute approximate surface area is 157 Å². The minimum atomic E-state index is 0.335. The molecule has 6 nitrogen and oxygen atoms in total. The molecule has 0 amide bonds. The summed E-state index contributed by atoms with van der Waals surface area (Å²) < 4.78 is 0. The molecule has 1 unspecified atom stereocenters. The molecule has 0 fully saturated rings. The molecule has 2 aromatic rings. The zero-order chi connectivity index (χ0) is 19.1. The fraction of sp³-hybridized carbons (Fsp3) is 0.600. The Balaban J connectivity index is 2.01. The van der Waals surface area contributed by atoms with Crippen molar-refractivity contribution in [3.63, 3.8) is 0 Å². The first kappa shape index (κ1) is 20.1. The molecule has 0 radical (unpaired) electrons. The topological polar surface area (TPSA) is 58.0 Å². The minimum absolute atomic E-state index is 0.335. The maximum absolute atomic E-state index is 4.82. The summed E-state index contributed by atoms with van der Waals surface area (Å²) in [5, 5.41) is 0. The van der Waals surface area contributed by atoms with Crippen molar-refractivity contribution in [3.05, 3.63) is 36.2 Å². The number of hydrogen-bond donors (Lipinski definition) is 0. The van der Waals surface area contributed by atoms with Gasteiger partial charge in [-0.3, -0.25) is 9.97 Å². The predicted octanol–water partition coefficient (Wildman–Crippen LogP) is 3.87. The van der Waals surface area contributed by atoms with Crippen LogP contribution in [-0.4, -0.2) is 46.6 Å². The van der Waals surface area contributed by atoms with E-state index in [4.69, 9.17) is 9.97 Å². The summed E-state index contributed by atoms with van der Waals surface area (Å²) in [5.41, 5.74) is 2.07. The highest BCUT2D eigenvalue weighted by atomic mass is 15.2. The number of rotatable bonds is 9. The summed E-state index contributed by atoms with van der Waals surface area (Å²) in [5.74, 6) is 2.60. The zero-order valence-electron chi connectivity index (χ0n) is 17.0. The fourth-order valence-corrected chi connectivity index (χ4v) is 2.79. The van der Waals surface area contributed by atoms with Gasteiger partial charge in [-0.2, -0.15) is 0 Å². The molecule has 142 valence electrons. The van der Waals surface area contributed by atoms with E-state index in [1.165, 1.54) is 0 Å². The van der Waals surface area contributed by atoms with E-state index < -0.39 is 0 Å².